The fourth-order valence-electron chi connectivity index (χ4n) is 1.28. The van der Waals surface area contributed by atoms with E-state index in [1.807, 2.05) is 7.05 Å². The van der Waals surface area contributed by atoms with Crippen molar-refractivity contribution in [3.63, 3.8) is 0 Å². The molecule has 106 valence electrons. The quantitative estimate of drug-likeness (QED) is 0.377. The molecule has 0 aromatic carbocycles. The summed E-state index contributed by atoms with van der Waals surface area (Å²) in [5, 5.41) is 5.77. The molecule has 5 nitrogen and oxygen atoms in total. The van der Waals surface area contributed by atoms with Gasteiger partial charge < -0.3 is 20.1 Å². The Labute approximate surface area is 110 Å². The number of amides is 1. The summed E-state index contributed by atoms with van der Waals surface area (Å²) in [5.74, 6) is -0.134. The monoisotopic (exact) mass is 258 g/mol. The van der Waals surface area contributed by atoms with Gasteiger partial charge in [-0.15, -0.1) is 0 Å². The molecule has 0 aromatic rings. The number of carbonyl (C=O) groups excluding carboxylic acids is 1. The van der Waals surface area contributed by atoms with Crippen LogP contribution in [0.25, 0.3) is 0 Å². The van der Waals surface area contributed by atoms with Crippen LogP contribution in [0.15, 0.2) is 12.7 Å². The third kappa shape index (κ3) is 13.2. The Morgan fingerprint density at radius 2 is 1.61 bits per heavy atom. The smallest absolute Gasteiger partial charge is 0.243 e. The summed E-state index contributed by atoms with van der Waals surface area (Å²) in [6.07, 6.45) is 4.05. The van der Waals surface area contributed by atoms with Crippen LogP contribution < -0.4 is 10.6 Å². The van der Waals surface area contributed by atoms with E-state index in [2.05, 4.69) is 17.2 Å². The molecule has 0 aliphatic carbocycles. The Morgan fingerprint density at radius 1 is 1.06 bits per heavy atom. The van der Waals surface area contributed by atoms with Gasteiger partial charge in [0.15, 0.2) is 0 Å². The number of hydrogen-bond acceptors (Lipinski definition) is 4. The second kappa shape index (κ2) is 14.2. The van der Waals surface area contributed by atoms with Crippen LogP contribution in [0.3, 0.4) is 0 Å². The van der Waals surface area contributed by atoms with Gasteiger partial charge in [-0.05, 0) is 38.9 Å². The van der Waals surface area contributed by atoms with Crippen LogP contribution in [0.2, 0.25) is 0 Å². The van der Waals surface area contributed by atoms with Crippen LogP contribution in [0, 0.1) is 0 Å². The third-order valence-corrected chi connectivity index (χ3v) is 2.24. The second-order valence-corrected chi connectivity index (χ2v) is 3.88. The molecule has 0 heterocycles. The van der Waals surface area contributed by atoms with E-state index in [0.717, 1.165) is 39.0 Å². The van der Waals surface area contributed by atoms with Gasteiger partial charge in [0.1, 0.15) is 0 Å². The zero-order valence-electron chi connectivity index (χ0n) is 11.4. The maximum absolute atomic E-state index is 10.8. The van der Waals surface area contributed by atoms with Crippen molar-refractivity contribution in [1.82, 2.24) is 10.6 Å². The Hall–Kier alpha value is -0.910. The topological polar surface area (TPSA) is 59.6 Å². The van der Waals surface area contributed by atoms with Crippen molar-refractivity contribution >= 4 is 5.91 Å². The van der Waals surface area contributed by atoms with E-state index in [4.69, 9.17) is 9.47 Å². The van der Waals surface area contributed by atoms with Crippen molar-refractivity contribution < 1.29 is 14.3 Å². The zero-order chi connectivity index (χ0) is 13.5. The lowest BCUT2D eigenvalue weighted by Gasteiger charge is -2.06. The van der Waals surface area contributed by atoms with Crippen LogP contribution in [-0.2, 0) is 14.3 Å². The van der Waals surface area contributed by atoms with Crippen molar-refractivity contribution in [2.24, 2.45) is 0 Å². The molecule has 0 spiro atoms. The molecule has 1 amide bonds. The van der Waals surface area contributed by atoms with Crippen LogP contribution >= 0.6 is 0 Å². The first-order chi connectivity index (χ1) is 8.81. The molecular weight excluding hydrogens is 232 g/mol. The number of ether oxygens (including phenoxy) is 2. The molecule has 0 atom stereocenters. The first kappa shape index (κ1) is 17.1. The summed E-state index contributed by atoms with van der Waals surface area (Å²) in [5.41, 5.74) is 0. The molecule has 5 heteroatoms. The molecule has 0 saturated heterocycles. The lowest BCUT2D eigenvalue weighted by molar-refractivity contribution is -0.116. The predicted molar refractivity (Wildman–Crippen MR) is 72.6 cm³/mol. The minimum atomic E-state index is -0.134. The Balaban J connectivity index is 2.98. The molecule has 0 unspecified atom stereocenters. The lowest BCUT2D eigenvalue weighted by Crippen LogP contribution is -2.22. The minimum absolute atomic E-state index is 0.134. The third-order valence-electron chi connectivity index (χ3n) is 2.24. The Morgan fingerprint density at radius 3 is 2.17 bits per heavy atom. The molecule has 0 aromatic heterocycles. The van der Waals surface area contributed by atoms with Crippen molar-refractivity contribution in [2.75, 3.05) is 46.6 Å². The number of carbonyl (C=O) groups is 1. The molecule has 0 rings (SSSR count). The normalized spacial score (nSPS) is 10.3. The number of hydrogen-bond donors (Lipinski definition) is 2. The van der Waals surface area contributed by atoms with Crippen molar-refractivity contribution in [2.45, 2.75) is 19.3 Å². The Kier molecular flexibility index (Phi) is 13.4. The van der Waals surface area contributed by atoms with Gasteiger partial charge in [0.05, 0.1) is 0 Å². The van der Waals surface area contributed by atoms with E-state index >= 15 is 0 Å². The molecule has 2 N–H and O–H groups in total. The number of rotatable bonds is 13. The standard InChI is InChI=1S/C13H26N2O3/c1-3-13(16)15-8-5-10-18-12-6-11-17-9-4-7-14-2/h3,14H,1,4-12H2,2H3,(H,15,16). The van der Waals surface area contributed by atoms with E-state index in [1.165, 1.54) is 6.08 Å². The van der Waals surface area contributed by atoms with Crippen LogP contribution in [0.5, 0.6) is 0 Å². The van der Waals surface area contributed by atoms with Gasteiger partial charge in [0.2, 0.25) is 5.91 Å². The van der Waals surface area contributed by atoms with Gasteiger partial charge >= 0.3 is 0 Å². The highest BCUT2D eigenvalue weighted by atomic mass is 16.5. The largest absolute Gasteiger partial charge is 0.381 e. The van der Waals surface area contributed by atoms with Gasteiger partial charge in [-0.2, -0.15) is 0 Å². The van der Waals surface area contributed by atoms with E-state index in [1.54, 1.807) is 0 Å². The van der Waals surface area contributed by atoms with E-state index in [-0.39, 0.29) is 5.91 Å². The summed E-state index contributed by atoms with van der Waals surface area (Å²) in [7, 11) is 1.94. The van der Waals surface area contributed by atoms with E-state index in [9.17, 15) is 4.79 Å². The summed E-state index contributed by atoms with van der Waals surface area (Å²) in [6.45, 7) is 7.92. The van der Waals surface area contributed by atoms with Gasteiger partial charge in [-0.3, -0.25) is 4.79 Å². The fraction of sp³-hybridized carbons (Fsp3) is 0.769. The van der Waals surface area contributed by atoms with Crippen molar-refractivity contribution in [3.8, 4) is 0 Å². The number of nitrogens with one attached hydrogen (secondary N) is 2. The van der Waals surface area contributed by atoms with Crippen LogP contribution in [0.1, 0.15) is 19.3 Å². The molecule has 0 aliphatic rings. The average molecular weight is 258 g/mol. The molecular formula is C13H26N2O3. The minimum Gasteiger partial charge on any atom is -0.381 e. The SMILES string of the molecule is C=CC(=O)NCCCOCCCOCCCNC. The maximum atomic E-state index is 10.8. The molecule has 0 aliphatic heterocycles. The van der Waals surface area contributed by atoms with Gasteiger partial charge in [0.25, 0.3) is 0 Å². The first-order valence-electron chi connectivity index (χ1n) is 6.51. The highest BCUT2D eigenvalue weighted by Crippen LogP contribution is 1.89. The van der Waals surface area contributed by atoms with Crippen LogP contribution in [0.4, 0.5) is 0 Å². The Bertz CT molecular complexity index is 210. The highest BCUT2D eigenvalue weighted by molar-refractivity contribution is 5.86. The molecule has 18 heavy (non-hydrogen) atoms. The maximum Gasteiger partial charge on any atom is 0.243 e. The van der Waals surface area contributed by atoms with Gasteiger partial charge in [-0.25, -0.2) is 0 Å². The first-order valence-corrected chi connectivity index (χ1v) is 6.51. The second-order valence-electron chi connectivity index (χ2n) is 3.88. The van der Waals surface area contributed by atoms with E-state index < -0.39 is 0 Å². The molecule has 0 saturated carbocycles. The fourth-order valence-corrected chi connectivity index (χ4v) is 1.28. The average Bonchev–Trinajstić information content (AvgIpc) is 2.39. The zero-order valence-corrected chi connectivity index (χ0v) is 11.4. The summed E-state index contributed by atoms with van der Waals surface area (Å²) in [6, 6.07) is 0. The summed E-state index contributed by atoms with van der Waals surface area (Å²) < 4.78 is 10.8. The highest BCUT2D eigenvalue weighted by Gasteiger charge is 1.94. The molecule has 0 radical (unpaired) electrons. The summed E-state index contributed by atoms with van der Waals surface area (Å²) in [4.78, 5) is 10.8. The van der Waals surface area contributed by atoms with Gasteiger partial charge in [0, 0.05) is 33.0 Å². The predicted octanol–water partition coefficient (Wildman–Crippen LogP) is 0.711. The van der Waals surface area contributed by atoms with Crippen LogP contribution in [-0.4, -0.2) is 52.5 Å². The molecule has 0 bridgehead atoms. The molecule has 0 fully saturated rings. The van der Waals surface area contributed by atoms with Crippen molar-refractivity contribution in [3.05, 3.63) is 12.7 Å². The summed E-state index contributed by atoms with van der Waals surface area (Å²) >= 11 is 0. The lowest BCUT2D eigenvalue weighted by atomic mass is 10.4. The van der Waals surface area contributed by atoms with Gasteiger partial charge in [-0.1, -0.05) is 6.58 Å². The van der Waals surface area contributed by atoms with Crippen molar-refractivity contribution in [1.29, 1.82) is 0 Å². The van der Waals surface area contributed by atoms with E-state index in [0.29, 0.717) is 19.8 Å².